The zero-order chi connectivity index (χ0) is 13.2. The summed E-state index contributed by atoms with van der Waals surface area (Å²) in [5.74, 6) is 0.191. The van der Waals surface area contributed by atoms with Gasteiger partial charge in [0, 0.05) is 29.1 Å². The van der Waals surface area contributed by atoms with Crippen molar-refractivity contribution in [1.82, 2.24) is 4.98 Å². The Labute approximate surface area is 112 Å². The quantitative estimate of drug-likeness (QED) is 0.748. The van der Waals surface area contributed by atoms with Crippen LogP contribution in [0.4, 0.5) is 0 Å². The number of aromatic nitrogens is 1. The van der Waals surface area contributed by atoms with Gasteiger partial charge in [0.2, 0.25) is 0 Å². The molecule has 0 unspecified atom stereocenters. The number of nitrogens with one attached hydrogen (secondary N) is 1. The number of benzene rings is 2. The first kappa shape index (κ1) is 11.7. The average molecular weight is 249 g/mol. The minimum atomic E-state index is 0.191. The average Bonchev–Trinajstić information content (AvgIpc) is 2.82. The van der Waals surface area contributed by atoms with E-state index in [0.29, 0.717) is 6.42 Å². The van der Waals surface area contributed by atoms with E-state index in [1.54, 1.807) is 6.92 Å². The van der Waals surface area contributed by atoms with Crippen LogP contribution in [0.15, 0.2) is 54.7 Å². The highest BCUT2D eigenvalue weighted by Gasteiger charge is 2.06. The van der Waals surface area contributed by atoms with Gasteiger partial charge in [-0.25, -0.2) is 0 Å². The van der Waals surface area contributed by atoms with Crippen molar-refractivity contribution in [3.63, 3.8) is 0 Å². The maximum absolute atomic E-state index is 11.2. The largest absolute Gasteiger partial charge is 0.361 e. The van der Waals surface area contributed by atoms with E-state index in [-0.39, 0.29) is 5.78 Å². The lowest BCUT2D eigenvalue weighted by molar-refractivity contribution is -0.116. The fraction of sp³-hybridized carbons (Fsp3) is 0.118. The molecular formula is C17H15NO. The van der Waals surface area contributed by atoms with Gasteiger partial charge in [-0.3, -0.25) is 4.79 Å². The van der Waals surface area contributed by atoms with Crippen LogP contribution >= 0.6 is 0 Å². The molecule has 0 aliphatic rings. The monoisotopic (exact) mass is 249 g/mol. The van der Waals surface area contributed by atoms with Crippen LogP contribution in [0.2, 0.25) is 0 Å². The highest BCUT2D eigenvalue weighted by molar-refractivity contribution is 5.95. The Kier molecular flexibility index (Phi) is 2.92. The first-order valence-corrected chi connectivity index (χ1v) is 6.39. The standard InChI is InChI=1S/C17H15NO/c1-12(19)9-13-5-4-6-14(10-13)16-11-18-17-8-3-2-7-15(16)17/h2-8,10-11,18H,9H2,1H3. The third-order valence-electron chi connectivity index (χ3n) is 3.28. The van der Waals surface area contributed by atoms with Gasteiger partial charge in [-0.2, -0.15) is 0 Å². The summed E-state index contributed by atoms with van der Waals surface area (Å²) in [5.41, 5.74) is 4.53. The van der Waals surface area contributed by atoms with E-state index in [1.165, 1.54) is 10.9 Å². The number of carbonyl (C=O) groups is 1. The number of carbonyl (C=O) groups excluding carboxylic acids is 1. The molecular weight excluding hydrogens is 234 g/mol. The molecule has 2 aromatic carbocycles. The number of aromatic amines is 1. The number of rotatable bonds is 3. The molecule has 2 heteroatoms. The van der Waals surface area contributed by atoms with Crippen molar-refractivity contribution in [3.05, 3.63) is 60.3 Å². The van der Waals surface area contributed by atoms with Crippen molar-refractivity contribution >= 4 is 16.7 Å². The van der Waals surface area contributed by atoms with Gasteiger partial charge in [-0.15, -0.1) is 0 Å². The van der Waals surface area contributed by atoms with Gasteiger partial charge in [0.1, 0.15) is 5.78 Å². The van der Waals surface area contributed by atoms with Crippen molar-refractivity contribution in [1.29, 1.82) is 0 Å². The normalized spacial score (nSPS) is 10.8. The van der Waals surface area contributed by atoms with Crippen LogP contribution < -0.4 is 0 Å². The Balaban J connectivity index is 2.09. The SMILES string of the molecule is CC(=O)Cc1cccc(-c2c[nH]c3ccccc23)c1. The Morgan fingerprint density at radius 2 is 1.95 bits per heavy atom. The molecule has 1 aromatic heterocycles. The molecule has 19 heavy (non-hydrogen) atoms. The van der Waals surface area contributed by atoms with Crippen LogP contribution in [0.1, 0.15) is 12.5 Å². The summed E-state index contributed by atoms with van der Waals surface area (Å²) in [7, 11) is 0. The van der Waals surface area contributed by atoms with Crippen molar-refractivity contribution in [2.24, 2.45) is 0 Å². The van der Waals surface area contributed by atoms with Gasteiger partial charge in [0.15, 0.2) is 0 Å². The van der Waals surface area contributed by atoms with E-state index in [0.717, 1.165) is 16.6 Å². The predicted octanol–water partition coefficient (Wildman–Crippen LogP) is 3.97. The Hall–Kier alpha value is -2.35. The van der Waals surface area contributed by atoms with Gasteiger partial charge in [-0.05, 0) is 24.1 Å². The molecule has 2 nitrogen and oxygen atoms in total. The number of hydrogen-bond donors (Lipinski definition) is 1. The molecule has 1 heterocycles. The van der Waals surface area contributed by atoms with E-state index in [2.05, 4.69) is 29.2 Å². The van der Waals surface area contributed by atoms with E-state index in [9.17, 15) is 4.79 Å². The molecule has 3 rings (SSSR count). The summed E-state index contributed by atoms with van der Waals surface area (Å²) < 4.78 is 0. The molecule has 0 aliphatic heterocycles. The molecule has 0 spiro atoms. The summed E-state index contributed by atoms with van der Waals surface area (Å²) in [6.07, 6.45) is 2.52. The number of H-pyrrole nitrogens is 1. The minimum absolute atomic E-state index is 0.191. The maximum Gasteiger partial charge on any atom is 0.134 e. The van der Waals surface area contributed by atoms with E-state index < -0.39 is 0 Å². The van der Waals surface area contributed by atoms with Crippen LogP contribution in [0.3, 0.4) is 0 Å². The first-order valence-electron chi connectivity index (χ1n) is 6.39. The molecule has 94 valence electrons. The lowest BCUT2D eigenvalue weighted by Crippen LogP contribution is -1.95. The first-order chi connectivity index (χ1) is 9.24. The zero-order valence-corrected chi connectivity index (χ0v) is 10.8. The Bertz CT molecular complexity index is 740. The second-order valence-corrected chi connectivity index (χ2v) is 4.83. The molecule has 0 amide bonds. The van der Waals surface area contributed by atoms with Crippen molar-refractivity contribution < 1.29 is 4.79 Å². The maximum atomic E-state index is 11.2. The van der Waals surface area contributed by atoms with Crippen LogP contribution in [-0.2, 0) is 11.2 Å². The summed E-state index contributed by atoms with van der Waals surface area (Å²) in [4.78, 5) is 14.5. The lowest BCUT2D eigenvalue weighted by Gasteiger charge is -2.03. The second-order valence-electron chi connectivity index (χ2n) is 4.83. The second kappa shape index (κ2) is 4.73. The van der Waals surface area contributed by atoms with Crippen molar-refractivity contribution in [2.75, 3.05) is 0 Å². The number of ketones is 1. The third kappa shape index (κ3) is 2.29. The zero-order valence-electron chi connectivity index (χ0n) is 10.8. The molecule has 0 bridgehead atoms. The van der Waals surface area contributed by atoms with E-state index in [4.69, 9.17) is 0 Å². The molecule has 0 saturated carbocycles. The fourth-order valence-electron chi connectivity index (χ4n) is 2.45. The number of Topliss-reactive ketones (excluding diaryl/α,β-unsaturated/α-hetero) is 1. The Morgan fingerprint density at radius 3 is 2.79 bits per heavy atom. The van der Waals surface area contributed by atoms with Gasteiger partial charge in [0.25, 0.3) is 0 Å². The van der Waals surface area contributed by atoms with Crippen LogP contribution in [-0.4, -0.2) is 10.8 Å². The van der Waals surface area contributed by atoms with E-state index in [1.807, 2.05) is 30.5 Å². The molecule has 0 aliphatic carbocycles. The topological polar surface area (TPSA) is 32.9 Å². The minimum Gasteiger partial charge on any atom is -0.361 e. The summed E-state index contributed by atoms with van der Waals surface area (Å²) in [5, 5.41) is 1.21. The van der Waals surface area contributed by atoms with Gasteiger partial charge in [-0.1, -0.05) is 42.5 Å². The molecule has 0 radical (unpaired) electrons. The van der Waals surface area contributed by atoms with Gasteiger partial charge < -0.3 is 4.98 Å². The molecule has 0 saturated heterocycles. The van der Waals surface area contributed by atoms with Crippen LogP contribution in [0.25, 0.3) is 22.0 Å². The van der Waals surface area contributed by atoms with Gasteiger partial charge in [0.05, 0.1) is 0 Å². The molecule has 0 fully saturated rings. The van der Waals surface area contributed by atoms with Crippen LogP contribution in [0.5, 0.6) is 0 Å². The van der Waals surface area contributed by atoms with Crippen molar-refractivity contribution in [2.45, 2.75) is 13.3 Å². The number of hydrogen-bond acceptors (Lipinski definition) is 1. The number of para-hydroxylation sites is 1. The molecule has 3 aromatic rings. The smallest absolute Gasteiger partial charge is 0.134 e. The third-order valence-corrected chi connectivity index (χ3v) is 3.28. The predicted molar refractivity (Wildman–Crippen MR) is 78.1 cm³/mol. The van der Waals surface area contributed by atoms with E-state index >= 15 is 0 Å². The summed E-state index contributed by atoms with van der Waals surface area (Å²) in [6, 6.07) is 16.4. The Morgan fingerprint density at radius 1 is 1.11 bits per heavy atom. The molecule has 1 N–H and O–H groups in total. The fourth-order valence-corrected chi connectivity index (χ4v) is 2.45. The number of fused-ring (bicyclic) bond motifs is 1. The summed E-state index contributed by atoms with van der Waals surface area (Å²) >= 11 is 0. The lowest BCUT2D eigenvalue weighted by atomic mass is 10.0. The van der Waals surface area contributed by atoms with Crippen molar-refractivity contribution in [3.8, 4) is 11.1 Å². The summed E-state index contributed by atoms with van der Waals surface area (Å²) in [6.45, 7) is 1.62. The highest BCUT2D eigenvalue weighted by atomic mass is 16.1. The van der Waals surface area contributed by atoms with Gasteiger partial charge >= 0.3 is 0 Å². The molecule has 0 atom stereocenters. The van der Waals surface area contributed by atoms with Crippen LogP contribution in [0, 0.1) is 0 Å². The highest BCUT2D eigenvalue weighted by Crippen LogP contribution is 2.28.